The summed E-state index contributed by atoms with van der Waals surface area (Å²) < 4.78 is 5.33. The summed E-state index contributed by atoms with van der Waals surface area (Å²) in [5, 5.41) is 0. The van der Waals surface area contributed by atoms with Gasteiger partial charge >= 0.3 is 5.97 Å². The van der Waals surface area contributed by atoms with Crippen LogP contribution in [0.25, 0.3) is 0 Å². The highest BCUT2D eigenvalue weighted by Gasteiger charge is 2.02. The predicted molar refractivity (Wildman–Crippen MR) is 133 cm³/mol. The summed E-state index contributed by atoms with van der Waals surface area (Å²) in [6.45, 7) is 11.4. The third-order valence-corrected chi connectivity index (χ3v) is 5.68. The van der Waals surface area contributed by atoms with Crippen molar-refractivity contribution in [3.63, 3.8) is 0 Å². The second-order valence-corrected chi connectivity index (χ2v) is 9.73. The van der Waals surface area contributed by atoms with Gasteiger partial charge in [-0.25, -0.2) is 0 Å². The number of hydrogen-bond acceptors (Lipinski definition) is 2. The van der Waals surface area contributed by atoms with Crippen molar-refractivity contribution in [2.45, 2.75) is 137 Å². The van der Waals surface area contributed by atoms with Gasteiger partial charge in [-0.1, -0.05) is 108 Å². The molecule has 0 radical (unpaired) electrons. The highest BCUT2D eigenvalue weighted by Crippen LogP contribution is 2.14. The van der Waals surface area contributed by atoms with Crippen molar-refractivity contribution in [2.75, 3.05) is 6.61 Å². The van der Waals surface area contributed by atoms with Gasteiger partial charge in [0.25, 0.3) is 0 Å². The number of unbranched alkanes of at least 4 members (excludes halogenated alkanes) is 11. The minimum absolute atomic E-state index is 0.0447. The summed E-state index contributed by atoms with van der Waals surface area (Å²) in [5.74, 6) is 0.821. The Hall–Kier alpha value is -1.05. The maximum absolute atomic E-state index is 11.8. The Labute approximate surface area is 188 Å². The Morgan fingerprint density at radius 2 is 1.20 bits per heavy atom. The monoisotopic (exact) mass is 420 g/mol. The zero-order chi connectivity index (χ0) is 22.5. The summed E-state index contributed by atoms with van der Waals surface area (Å²) in [7, 11) is 0. The Morgan fingerprint density at radius 1 is 0.700 bits per heavy atom. The predicted octanol–water partition coefficient (Wildman–Crippen LogP) is 9.34. The lowest BCUT2D eigenvalue weighted by Gasteiger charge is -2.05. The third-order valence-electron chi connectivity index (χ3n) is 5.68. The van der Waals surface area contributed by atoms with Gasteiger partial charge in [-0.05, 0) is 52.0 Å². The molecule has 176 valence electrons. The van der Waals surface area contributed by atoms with Gasteiger partial charge in [0.15, 0.2) is 0 Å². The highest BCUT2D eigenvalue weighted by molar-refractivity contribution is 5.69. The molecule has 0 fully saturated rings. The summed E-state index contributed by atoms with van der Waals surface area (Å²) in [5.41, 5.74) is 2.66. The first-order chi connectivity index (χ1) is 14.4. The normalized spacial score (nSPS) is 11.7. The molecule has 0 aliphatic rings. The molecule has 30 heavy (non-hydrogen) atoms. The smallest absolute Gasteiger partial charge is 0.306 e. The topological polar surface area (TPSA) is 26.3 Å². The fourth-order valence-electron chi connectivity index (χ4n) is 3.63. The quantitative estimate of drug-likeness (QED) is 0.111. The molecule has 0 heterocycles. The van der Waals surface area contributed by atoms with E-state index in [0.717, 1.165) is 31.6 Å². The van der Waals surface area contributed by atoms with Gasteiger partial charge in [-0.15, -0.1) is 0 Å². The molecule has 0 saturated heterocycles. The molecule has 0 N–H and O–H groups in total. The fraction of sp³-hybridized carbons (Fsp3) is 0.821. The number of ether oxygens (including phenoxy) is 1. The lowest BCUT2D eigenvalue weighted by Crippen LogP contribution is -2.04. The molecule has 0 aromatic carbocycles. The molecule has 0 amide bonds. The van der Waals surface area contributed by atoms with E-state index in [4.69, 9.17) is 4.74 Å². The number of allylic oxidation sites excluding steroid dienone is 3. The Balaban J connectivity index is 3.36. The summed E-state index contributed by atoms with van der Waals surface area (Å²) in [6, 6.07) is 0. The minimum Gasteiger partial charge on any atom is -0.461 e. The summed E-state index contributed by atoms with van der Waals surface area (Å²) in [6.07, 6.45) is 24.3. The van der Waals surface area contributed by atoms with Crippen LogP contribution >= 0.6 is 0 Å². The van der Waals surface area contributed by atoms with Crippen LogP contribution in [0.3, 0.4) is 0 Å². The van der Waals surface area contributed by atoms with Crippen LogP contribution in [0.2, 0.25) is 0 Å². The van der Waals surface area contributed by atoms with Crippen molar-refractivity contribution in [3.05, 3.63) is 23.3 Å². The van der Waals surface area contributed by atoms with Crippen LogP contribution in [0.1, 0.15) is 137 Å². The van der Waals surface area contributed by atoms with Crippen molar-refractivity contribution in [1.29, 1.82) is 0 Å². The second-order valence-electron chi connectivity index (χ2n) is 9.73. The molecule has 2 heteroatoms. The van der Waals surface area contributed by atoms with E-state index in [9.17, 15) is 4.79 Å². The molecule has 0 atom stereocenters. The van der Waals surface area contributed by atoms with Gasteiger partial charge in [0.1, 0.15) is 6.61 Å². The lowest BCUT2D eigenvalue weighted by molar-refractivity contribution is -0.142. The Morgan fingerprint density at radius 3 is 1.70 bits per heavy atom. The SMILES string of the molecule is CC(C)=CCC/C(C)=C/COC(=O)CCCCCCCCCCCCCCC(C)C. The maximum Gasteiger partial charge on any atom is 0.306 e. The molecular weight excluding hydrogens is 368 g/mol. The van der Waals surface area contributed by atoms with Crippen LogP contribution in [0.4, 0.5) is 0 Å². The second kappa shape index (κ2) is 21.2. The van der Waals surface area contributed by atoms with Crippen molar-refractivity contribution in [2.24, 2.45) is 5.92 Å². The van der Waals surface area contributed by atoms with E-state index in [2.05, 4.69) is 40.7 Å². The first kappa shape index (κ1) is 28.9. The Kier molecular flexibility index (Phi) is 20.5. The van der Waals surface area contributed by atoms with Crippen LogP contribution < -0.4 is 0 Å². The average molecular weight is 421 g/mol. The van der Waals surface area contributed by atoms with E-state index >= 15 is 0 Å². The van der Waals surface area contributed by atoms with Crippen LogP contribution in [0.15, 0.2) is 23.3 Å². The van der Waals surface area contributed by atoms with Gasteiger partial charge < -0.3 is 4.74 Å². The number of hydrogen-bond donors (Lipinski definition) is 0. The van der Waals surface area contributed by atoms with E-state index in [-0.39, 0.29) is 5.97 Å². The number of rotatable bonds is 20. The van der Waals surface area contributed by atoms with E-state index in [1.54, 1.807) is 0 Å². The van der Waals surface area contributed by atoms with Crippen LogP contribution in [-0.2, 0) is 9.53 Å². The molecule has 0 saturated carbocycles. The zero-order valence-electron chi connectivity index (χ0n) is 21.1. The molecule has 0 aromatic rings. The maximum atomic E-state index is 11.8. The largest absolute Gasteiger partial charge is 0.461 e. The zero-order valence-corrected chi connectivity index (χ0v) is 21.1. The van der Waals surface area contributed by atoms with E-state index in [1.165, 1.54) is 81.8 Å². The third kappa shape index (κ3) is 23.2. The molecule has 0 aromatic heterocycles. The lowest BCUT2D eigenvalue weighted by atomic mass is 10.0. The standard InChI is InChI=1S/C28H52O2/c1-25(2)19-16-14-12-10-8-6-7-9-11-13-15-17-22-28(29)30-24-23-27(5)21-18-20-26(3)4/h20,23,25H,6-19,21-22,24H2,1-5H3/b27-23+. The number of esters is 1. The average Bonchev–Trinajstić information content (AvgIpc) is 2.67. The number of carbonyl (C=O) groups excluding carboxylic acids is 1. The molecule has 0 aliphatic carbocycles. The summed E-state index contributed by atoms with van der Waals surface area (Å²) in [4.78, 5) is 11.8. The van der Waals surface area contributed by atoms with Crippen molar-refractivity contribution < 1.29 is 9.53 Å². The van der Waals surface area contributed by atoms with Crippen LogP contribution in [0.5, 0.6) is 0 Å². The van der Waals surface area contributed by atoms with Gasteiger partial charge in [0.2, 0.25) is 0 Å². The van der Waals surface area contributed by atoms with Gasteiger partial charge in [0.05, 0.1) is 0 Å². The first-order valence-corrected chi connectivity index (χ1v) is 12.9. The fourth-order valence-corrected chi connectivity index (χ4v) is 3.63. The number of carbonyl (C=O) groups is 1. The van der Waals surface area contributed by atoms with Gasteiger partial charge in [0, 0.05) is 6.42 Å². The molecule has 0 bridgehead atoms. The van der Waals surface area contributed by atoms with Crippen molar-refractivity contribution in [3.8, 4) is 0 Å². The van der Waals surface area contributed by atoms with E-state index in [1.807, 2.05) is 6.08 Å². The van der Waals surface area contributed by atoms with E-state index in [0.29, 0.717) is 13.0 Å². The van der Waals surface area contributed by atoms with Gasteiger partial charge in [-0.3, -0.25) is 4.79 Å². The molecular formula is C28H52O2. The van der Waals surface area contributed by atoms with Gasteiger partial charge in [-0.2, -0.15) is 0 Å². The van der Waals surface area contributed by atoms with Crippen molar-refractivity contribution in [1.82, 2.24) is 0 Å². The van der Waals surface area contributed by atoms with E-state index < -0.39 is 0 Å². The molecule has 0 unspecified atom stereocenters. The Bertz CT molecular complexity index is 455. The first-order valence-electron chi connectivity index (χ1n) is 12.9. The molecule has 0 rings (SSSR count). The van der Waals surface area contributed by atoms with Crippen molar-refractivity contribution >= 4 is 5.97 Å². The summed E-state index contributed by atoms with van der Waals surface area (Å²) >= 11 is 0. The highest BCUT2D eigenvalue weighted by atomic mass is 16.5. The molecule has 2 nitrogen and oxygen atoms in total. The van der Waals surface area contributed by atoms with Crippen LogP contribution in [0, 0.1) is 5.92 Å². The molecule has 0 aliphatic heterocycles. The van der Waals surface area contributed by atoms with Crippen LogP contribution in [-0.4, -0.2) is 12.6 Å². The molecule has 0 spiro atoms. The minimum atomic E-state index is -0.0447.